The average Bonchev–Trinajstić information content (AvgIpc) is 3.21. The summed E-state index contributed by atoms with van der Waals surface area (Å²) in [6.45, 7) is 0. The van der Waals surface area contributed by atoms with Crippen LogP contribution in [0, 0.1) is 0 Å². The SMILES string of the molecule is COc1cn(-c2ccccc2)nc1C(=O)Nc1ccc(Oc2ccccc2)cc1. The molecule has 0 saturated carbocycles. The fraction of sp³-hybridized carbons (Fsp3) is 0.0435. The Balaban J connectivity index is 1.48. The lowest BCUT2D eigenvalue weighted by Gasteiger charge is -2.08. The molecule has 3 aromatic carbocycles. The number of methoxy groups -OCH3 is 1. The fourth-order valence-electron chi connectivity index (χ4n) is 2.80. The van der Waals surface area contributed by atoms with Crippen LogP contribution in [0.3, 0.4) is 0 Å². The Hall–Kier alpha value is -4.06. The van der Waals surface area contributed by atoms with Gasteiger partial charge in [-0.1, -0.05) is 36.4 Å². The van der Waals surface area contributed by atoms with Crippen molar-refractivity contribution in [2.24, 2.45) is 0 Å². The van der Waals surface area contributed by atoms with Crippen LogP contribution in [0.15, 0.2) is 91.1 Å². The largest absolute Gasteiger partial charge is 0.493 e. The molecule has 0 bridgehead atoms. The molecule has 0 unspecified atom stereocenters. The molecule has 4 rings (SSSR count). The zero-order valence-electron chi connectivity index (χ0n) is 15.8. The van der Waals surface area contributed by atoms with E-state index in [1.54, 1.807) is 35.1 Å². The summed E-state index contributed by atoms with van der Waals surface area (Å²) in [7, 11) is 1.51. The molecular weight excluding hydrogens is 366 g/mol. The molecule has 29 heavy (non-hydrogen) atoms. The van der Waals surface area contributed by atoms with Crippen molar-refractivity contribution in [3.8, 4) is 22.9 Å². The van der Waals surface area contributed by atoms with Crippen LogP contribution in [-0.4, -0.2) is 22.8 Å². The van der Waals surface area contributed by atoms with Crippen molar-refractivity contribution in [3.63, 3.8) is 0 Å². The molecule has 0 saturated heterocycles. The van der Waals surface area contributed by atoms with Gasteiger partial charge in [0.25, 0.3) is 5.91 Å². The van der Waals surface area contributed by atoms with E-state index in [0.29, 0.717) is 17.2 Å². The standard InChI is InChI=1S/C23H19N3O3/c1-28-21-16-26(18-8-4-2-5-9-18)25-22(21)23(27)24-17-12-14-20(15-13-17)29-19-10-6-3-7-11-19/h2-16H,1H3,(H,24,27). The Morgan fingerprint density at radius 2 is 1.48 bits per heavy atom. The van der Waals surface area contributed by atoms with Gasteiger partial charge in [0.15, 0.2) is 11.4 Å². The van der Waals surface area contributed by atoms with Gasteiger partial charge in [-0.25, -0.2) is 4.68 Å². The highest BCUT2D eigenvalue weighted by molar-refractivity contribution is 6.04. The van der Waals surface area contributed by atoms with Crippen LogP contribution >= 0.6 is 0 Å². The fourth-order valence-corrected chi connectivity index (χ4v) is 2.80. The van der Waals surface area contributed by atoms with Crippen LogP contribution < -0.4 is 14.8 Å². The van der Waals surface area contributed by atoms with Gasteiger partial charge in [0.1, 0.15) is 11.5 Å². The molecule has 0 spiro atoms. The number of anilines is 1. The molecule has 6 heteroatoms. The van der Waals surface area contributed by atoms with E-state index in [4.69, 9.17) is 9.47 Å². The Labute approximate surface area is 168 Å². The average molecular weight is 385 g/mol. The molecule has 0 atom stereocenters. The molecule has 1 N–H and O–H groups in total. The third-order valence-corrected chi connectivity index (χ3v) is 4.23. The molecule has 0 fully saturated rings. The minimum absolute atomic E-state index is 0.209. The minimum atomic E-state index is -0.353. The molecule has 0 aliphatic rings. The van der Waals surface area contributed by atoms with Crippen LogP contribution in [0.5, 0.6) is 17.2 Å². The van der Waals surface area contributed by atoms with Crippen LogP contribution in [0.1, 0.15) is 10.5 Å². The maximum atomic E-state index is 12.7. The Bertz CT molecular complexity index is 1090. The summed E-state index contributed by atoms with van der Waals surface area (Å²) >= 11 is 0. The summed E-state index contributed by atoms with van der Waals surface area (Å²) in [5.74, 6) is 1.48. The second-order valence-corrected chi connectivity index (χ2v) is 6.22. The predicted molar refractivity (Wildman–Crippen MR) is 111 cm³/mol. The third kappa shape index (κ3) is 4.27. The zero-order chi connectivity index (χ0) is 20.1. The summed E-state index contributed by atoms with van der Waals surface area (Å²) in [6, 6.07) is 26.2. The maximum absolute atomic E-state index is 12.7. The number of amides is 1. The van der Waals surface area contributed by atoms with Crippen molar-refractivity contribution < 1.29 is 14.3 Å². The molecule has 1 aromatic heterocycles. The van der Waals surface area contributed by atoms with E-state index >= 15 is 0 Å². The van der Waals surface area contributed by atoms with Gasteiger partial charge in [0.05, 0.1) is 19.0 Å². The molecule has 4 aromatic rings. The maximum Gasteiger partial charge on any atom is 0.280 e. The van der Waals surface area contributed by atoms with Crippen molar-refractivity contribution in [2.45, 2.75) is 0 Å². The first kappa shape index (κ1) is 18.3. The van der Waals surface area contributed by atoms with Gasteiger partial charge in [-0.3, -0.25) is 4.79 Å². The van der Waals surface area contributed by atoms with E-state index in [-0.39, 0.29) is 11.6 Å². The predicted octanol–water partition coefficient (Wildman–Crippen LogP) is 4.93. The van der Waals surface area contributed by atoms with Crippen molar-refractivity contribution >= 4 is 11.6 Å². The number of aromatic nitrogens is 2. The summed E-state index contributed by atoms with van der Waals surface area (Å²) in [6.07, 6.45) is 1.68. The Kier molecular flexibility index (Phi) is 5.25. The highest BCUT2D eigenvalue weighted by Gasteiger charge is 2.18. The van der Waals surface area contributed by atoms with E-state index < -0.39 is 0 Å². The van der Waals surface area contributed by atoms with E-state index in [2.05, 4.69) is 10.4 Å². The van der Waals surface area contributed by atoms with E-state index in [1.807, 2.05) is 60.7 Å². The van der Waals surface area contributed by atoms with Crippen molar-refractivity contribution in [1.29, 1.82) is 0 Å². The quantitative estimate of drug-likeness (QED) is 0.511. The summed E-state index contributed by atoms with van der Waals surface area (Å²) in [5.41, 5.74) is 1.68. The summed E-state index contributed by atoms with van der Waals surface area (Å²) in [5, 5.41) is 7.21. The van der Waals surface area contributed by atoms with E-state index in [1.165, 1.54) is 7.11 Å². The number of carbonyl (C=O) groups excluding carboxylic acids is 1. The van der Waals surface area contributed by atoms with E-state index in [9.17, 15) is 4.79 Å². The Morgan fingerprint density at radius 1 is 0.862 bits per heavy atom. The number of carbonyl (C=O) groups is 1. The minimum Gasteiger partial charge on any atom is -0.493 e. The smallest absolute Gasteiger partial charge is 0.280 e. The monoisotopic (exact) mass is 385 g/mol. The van der Waals surface area contributed by atoms with Crippen LogP contribution in [0.2, 0.25) is 0 Å². The van der Waals surface area contributed by atoms with Gasteiger partial charge < -0.3 is 14.8 Å². The number of nitrogens with zero attached hydrogens (tertiary/aromatic N) is 2. The number of ether oxygens (including phenoxy) is 2. The van der Waals surface area contributed by atoms with Gasteiger partial charge in [0.2, 0.25) is 0 Å². The van der Waals surface area contributed by atoms with Gasteiger partial charge in [-0.15, -0.1) is 0 Å². The molecule has 144 valence electrons. The third-order valence-electron chi connectivity index (χ3n) is 4.23. The zero-order valence-corrected chi connectivity index (χ0v) is 15.8. The van der Waals surface area contributed by atoms with Crippen LogP contribution in [0.25, 0.3) is 5.69 Å². The Morgan fingerprint density at radius 3 is 2.14 bits per heavy atom. The molecule has 1 heterocycles. The van der Waals surface area contributed by atoms with Gasteiger partial charge >= 0.3 is 0 Å². The van der Waals surface area contributed by atoms with Crippen molar-refractivity contribution in [2.75, 3.05) is 12.4 Å². The molecule has 6 nitrogen and oxygen atoms in total. The highest BCUT2D eigenvalue weighted by atomic mass is 16.5. The van der Waals surface area contributed by atoms with Gasteiger partial charge in [0, 0.05) is 5.69 Å². The van der Waals surface area contributed by atoms with Gasteiger partial charge in [-0.2, -0.15) is 5.10 Å². The summed E-state index contributed by atoms with van der Waals surface area (Å²) in [4.78, 5) is 12.7. The van der Waals surface area contributed by atoms with E-state index in [0.717, 1.165) is 11.4 Å². The first-order chi connectivity index (χ1) is 14.2. The number of hydrogen-bond acceptors (Lipinski definition) is 4. The van der Waals surface area contributed by atoms with Crippen LogP contribution in [-0.2, 0) is 0 Å². The lowest BCUT2D eigenvalue weighted by atomic mass is 10.3. The normalized spacial score (nSPS) is 10.4. The highest BCUT2D eigenvalue weighted by Crippen LogP contribution is 2.24. The first-order valence-corrected chi connectivity index (χ1v) is 9.06. The second kappa shape index (κ2) is 8.31. The number of nitrogens with one attached hydrogen (secondary N) is 1. The number of para-hydroxylation sites is 2. The molecule has 1 amide bonds. The second-order valence-electron chi connectivity index (χ2n) is 6.22. The molecular formula is C23H19N3O3. The molecule has 0 aliphatic heterocycles. The van der Waals surface area contributed by atoms with Gasteiger partial charge in [-0.05, 0) is 48.5 Å². The molecule has 0 radical (unpaired) electrons. The van der Waals surface area contributed by atoms with Crippen LogP contribution in [0.4, 0.5) is 5.69 Å². The number of hydrogen-bond donors (Lipinski definition) is 1. The lowest BCUT2D eigenvalue weighted by molar-refractivity contribution is 0.101. The molecule has 0 aliphatic carbocycles. The number of rotatable bonds is 6. The van der Waals surface area contributed by atoms with Crippen molar-refractivity contribution in [3.05, 3.63) is 96.8 Å². The topological polar surface area (TPSA) is 65.4 Å². The summed E-state index contributed by atoms with van der Waals surface area (Å²) < 4.78 is 12.7. The first-order valence-electron chi connectivity index (χ1n) is 9.06. The van der Waals surface area contributed by atoms with Crippen molar-refractivity contribution in [1.82, 2.24) is 9.78 Å². The lowest BCUT2D eigenvalue weighted by Crippen LogP contribution is -2.14. The number of benzene rings is 3.